The number of rotatable bonds is 1. The topological polar surface area (TPSA) is 37.4 Å². The van der Waals surface area contributed by atoms with Crippen LogP contribution in [0.1, 0.15) is 35.1 Å². The number of anilines is 1. The van der Waals surface area contributed by atoms with Crippen molar-refractivity contribution < 1.29 is 9.59 Å². The van der Waals surface area contributed by atoms with Crippen molar-refractivity contribution >= 4 is 33.4 Å². The van der Waals surface area contributed by atoms with Gasteiger partial charge in [-0.2, -0.15) is 0 Å². The van der Waals surface area contributed by atoms with Gasteiger partial charge in [0.25, 0.3) is 0 Å². The van der Waals surface area contributed by atoms with Crippen LogP contribution in [-0.2, 0) is 15.0 Å². The second kappa shape index (κ2) is 5.67. The van der Waals surface area contributed by atoms with E-state index in [1.54, 1.807) is 0 Å². The molecule has 1 aliphatic heterocycles. The molecule has 142 valence electrons. The second-order valence-electron chi connectivity index (χ2n) is 8.32. The standard InChI is InChI=1S/C25H18BrNO2/c1-25-16-10-4-2-8-14(16)20(15-9-3-5-11-17(15)25)21-22(25)24(29)27(23(21)28)19-13-7-6-12-18(19)26/h2-13,20-22H,1H3/t20?,21-,22-,25?/m0/s1. The highest BCUT2D eigenvalue weighted by Gasteiger charge is 2.66. The highest BCUT2D eigenvalue weighted by atomic mass is 79.9. The van der Waals surface area contributed by atoms with Crippen molar-refractivity contribution in [1.82, 2.24) is 0 Å². The molecule has 3 aromatic carbocycles. The number of hydrogen-bond acceptors (Lipinski definition) is 2. The molecule has 3 aromatic rings. The number of carbonyl (C=O) groups excluding carboxylic acids is 2. The Morgan fingerprint density at radius 1 is 0.793 bits per heavy atom. The van der Waals surface area contributed by atoms with Crippen molar-refractivity contribution in [2.45, 2.75) is 18.3 Å². The lowest BCUT2D eigenvalue weighted by molar-refractivity contribution is -0.123. The first kappa shape index (κ1) is 17.2. The SMILES string of the molecule is CC12c3ccccc3C(c3ccccc31)[C@@H]1C(=O)N(c3ccccc3Br)C(=O)[C@H]12. The predicted octanol–water partition coefficient (Wildman–Crippen LogP) is 5.02. The summed E-state index contributed by atoms with van der Waals surface area (Å²) in [7, 11) is 0. The van der Waals surface area contributed by atoms with Crippen LogP contribution >= 0.6 is 15.9 Å². The molecule has 1 saturated heterocycles. The maximum absolute atomic E-state index is 13.8. The third-order valence-electron chi connectivity index (χ3n) is 7.14. The van der Waals surface area contributed by atoms with E-state index < -0.39 is 11.3 Å². The lowest BCUT2D eigenvalue weighted by Gasteiger charge is -2.52. The molecule has 29 heavy (non-hydrogen) atoms. The summed E-state index contributed by atoms with van der Waals surface area (Å²) in [5.41, 5.74) is 4.85. The van der Waals surface area contributed by atoms with E-state index in [0.717, 1.165) is 4.47 Å². The Morgan fingerprint density at radius 2 is 1.34 bits per heavy atom. The summed E-state index contributed by atoms with van der Waals surface area (Å²) in [6.07, 6.45) is 0. The molecule has 4 heteroatoms. The number of benzene rings is 3. The van der Waals surface area contributed by atoms with Crippen molar-refractivity contribution in [1.29, 1.82) is 0 Å². The monoisotopic (exact) mass is 443 g/mol. The number of imide groups is 1. The second-order valence-corrected chi connectivity index (χ2v) is 9.18. The van der Waals surface area contributed by atoms with Crippen LogP contribution in [0.15, 0.2) is 77.3 Å². The van der Waals surface area contributed by atoms with Gasteiger partial charge in [0.05, 0.1) is 17.5 Å². The molecule has 0 unspecified atom stereocenters. The Bertz CT molecular complexity index is 1170. The van der Waals surface area contributed by atoms with Crippen molar-refractivity contribution in [3.8, 4) is 0 Å². The summed E-state index contributed by atoms with van der Waals surface area (Å²) in [6, 6.07) is 24.1. The van der Waals surface area contributed by atoms with E-state index in [2.05, 4.69) is 47.1 Å². The minimum absolute atomic E-state index is 0.0850. The summed E-state index contributed by atoms with van der Waals surface area (Å²) in [6.45, 7) is 2.15. The molecule has 3 aliphatic carbocycles. The number of nitrogens with zero attached hydrogens (tertiary/aromatic N) is 1. The Labute approximate surface area is 177 Å². The van der Waals surface area contributed by atoms with Gasteiger partial charge in [0.2, 0.25) is 11.8 Å². The van der Waals surface area contributed by atoms with Crippen LogP contribution in [0.4, 0.5) is 5.69 Å². The highest BCUT2D eigenvalue weighted by molar-refractivity contribution is 9.10. The van der Waals surface area contributed by atoms with Crippen molar-refractivity contribution in [3.63, 3.8) is 0 Å². The van der Waals surface area contributed by atoms with Crippen molar-refractivity contribution in [2.24, 2.45) is 11.8 Å². The Hall–Kier alpha value is -2.72. The molecule has 2 amide bonds. The summed E-state index contributed by atoms with van der Waals surface area (Å²) in [5, 5.41) is 0. The number of para-hydroxylation sites is 1. The molecule has 0 saturated carbocycles. The highest BCUT2D eigenvalue weighted by Crippen LogP contribution is 2.64. The molecule has 1 fully saturated rings. The molecule has 1 heterocycles. The third kappa shape index (κ3) is 1.93. The number of hydrogen-bond donors (Lipinski definition) is 0. The van der Waals surface area contributed by atoms with E-state index in [-0.39, 0.29) is 23.7 Å². The predicted molar refractivity (Wildman–Crippen MR) is 115 cm³/mol. The minimum atomic E-state index is -0.518. The maximum atomic E-state index is 13.8. The number of carbonyl (C=O) groups is 2. The van der Waals surface area contributed by atoms with Gasteiger partial charge in [-0.3, -0.25) is 9.59 Å². The van der Waals surface area contributed by atoms with E-state index in [9.17, 15) is 9.59 Å². The van der Waals surface area contributed by atoms with Gasteiger partial charge in [0.15, 0.2) is 0 Å². The van der Waals surface area contributed by atoms with E-state index in [0.29, 0.717) is 5.69 Å². The quantitative estimate of drug-likeness (QED) is 0.495. The molecule has 0 radical (unpaired) electrons. The molecule has 0 spiro atoms. The van der Waals surface area contributed by atoms with Crippen LogP contribution in [0, 0.1) is 11.8 Å². The van der Waals surface area contributed by atoms with Gasteiger partial charge in [-0.05, 0) is 50.3 Å². The Balaban J connectivity index is 1.64. The number of halogens is 1. The van der Waals surface area contributed by atoms with E-state index in [4.69, 9.17) is 0 Å². The molecule has 4 aliphatic rings. The lowest BCUT2D eigenvalue weighted by atomic mass is 9.48. The fourth-order valence-corrected chi connectivity index (χ4v) is 6.48. The maximum Gasteiger partial charge on any atom is 0.238 e. The molecule has 2 atom stereocenters. The van der Waals surface area contributed by atoms with Gasteiger partial charge >= 0.3 is 0 Å². The van der Waals surface area contributed by atoms with Crippen LogP contribution in [0.25, 0.3) is 0 Å². The van der Waals surface area contributed by atoms with Crippen molar-refractivity contribution in [2.75, 3.05) is 4.90 Å². The van der Waals surface area contributed by atoms with Crippen molar-refractivity contribution in [3.05, 3.63) is 99.5 Å². The van der Waals surface area contributed by atoms with Crippen LogP contribution in [0.3, 0.4) is 0 Å². The molecule has 2 bridgehead atoms. The first-order valence-corrected chi connectivity index (χ1v) is 10.7. The molecule has 3 nitrogen and oxygen atoms in total. The lowest BCUT2D eigenvalue weighted by Crippen LogP contribution is -2.51. The molecule has 0 aromatic heterocycles. The van der Waals surface area contributed by atoms with Crippen LogP contribution in [-0.4, -0.2) is 11.8 Å². The first-order valence-electron chi connectivity index (χ1n) is 9.86. The molecule has 0 N–H and O–H groups in total. The summed E-state index contributed by atoms with van der Waals surface area (Å²) in [5.74, 6) is -1.03. The smallest absolute Gasteiger partial charge is 0.238 e. The van der Waals surface area contributed by atoms with Gasteiger partial charge in [0, 0.05) is 15.8 Å². The van der Waals surface area contributed by atoms with E-state index in [1.165, 1.54) is 27.2 Å². The van der Waals surface area contributed by atoms with Gasteiger partial charge in [-0.25, -0.2) is 4.90 Å². The molecular formula is C25H18BrNO2. The normalized spacial score (nSPS) is 28.9. The zero-order valence-corrected chi connectivity index (χ0v) is 17.4. The fraction of sp³-hybridized carbons (Fsp3) is 0.200. The molecular weight excluding hydrogens is 426 g/mol. The van der Waals surface area contributed by atoms with Gasteiger partial charge in [-0.15, -0.1) is 0 Å². The third-order valence-corrected chi connectivity index (χ3v) is 7.81. The van der Waals surface area contributed by atoms with Crippen LogP contribution in [0.2, 0.25) is 0 Å². The Morgan fingerprint density at radius 3 is 1.97 bits per heavy atom. The van der Waals surface area contributed by atoms with E-state index >= 15 is 0 Å². The zero-order valence-electron chi connectivity index (χ0n) is 15.8. The minimum Gasteiger partial charge on any atom is -0.274 e. The summed E-state index contributed by atoms with van der Waals surface area (Å²) < 4.78 is 0.757. The Kier molecular flexibility index (Phi) is 3.35. The van der Waals surface area contributed by atoms with Crippen LogP contribution < -0.4 is 4.90 Å². The zero-order chi connectivity index (χ0) is 19.9. The average molecular weight is 444 g/mol. The summed E-state index contributed by atoms with van der Waals surface area (Å²) >= 11 is 3.53. The van der Waals surface area contributed by atoms with Gasteiger partial charge in [-0.1, -0.05) is 67.6 Å². The van der Waals surface area contributed by atoms with E-state index in [1.807, 2.05) is 48.5 Å². The van der Waals surface area contributed by atoms with Crippen LogP contribution in [0.5, 0.6) is 0 Å². The van der Waals surface area contributed by atoms with Gasteiger partial charge in [0.1, 0.15) is 0 Å². The largest absolute Gasteiger partial charge is 0.274 e. The first-order chi connectivity index (χ1) is 14.0. The summed E-state index contributed by atoms with van der Waals surface area (Å²) in [4.78, 5) is 29.0. The average Bonchev–Trinajstić information content (AvgIpc) is 3.01. The number of amides is 2. The van der Waals surface area contributed by atoms with Gasteiger partial charge < -0.3 is 0 Å². The molecule has 7 rings (SSSR count). The fourth-order valence-electron chi connectivity index (χ4n) is 6.02.